The van der Waals surface area contributed by atoms with Crippen molar-refractivity contribution in [2.75, 3.05) is 5.01 Å². The first-order valence-electron chi connectivity index (χ1n) is 3.44. The SMILES string of the molecule is NN1C(=O)C(=O)c2ccccc21. The number of ketones is 1. The van der Waals surface area contributed by atoms with Crippen LogP contribution in [0.3, 0.4) is 0 Å². The fourth-order valence-corrected chi connectivity index (χ4v) is 1.21. The number of carbonyl (C=O) groups excluding carboxylic acids is 2. The van der Waals surface area contributed by atoms with E-state index in [0.29, 0.717) is 11.3 Å². The summed E-state index contributed by atoms with van der Waals surface area (Å²) < 4.78 is 0. The minimum Gasteiger partial charge on any atom is -0.283 e. The number of nitrogens with zero attached hydrogens (tertiary/aromatic N) is 1. The van der Waals surface area contributed by atoms with Gasteiger partial charge in [-0.15, -0.1) is 0 Å². The maximum Gasteiger partial charge on any atom is 0.313 e. The number of fused-ring (bicyclic) bond motifs is 1. The summed E-state index contributed by atoms with van der Waals surface area (Å²) in [6.07, 6.45) is 0. The second-order valence-corrected chi connectivity index (χ2v) is 2.52. The Kier molecular flexibility index (Phi) is 1.25. The molecule has 0 bridgehead atoms. The van der Waals surface area contributed by atoms with E-state index in [2.05, 4.69) is 0 Å². The molecule has 0 unspecified atom stereocenters. The summed E-state index contributed by atoms with van der Waals surface area (Å²) in [4.78, 5) is 22.1. The summed E-state index contributed by atoms with van der Waals surface area (Å²) in [5.74, 6) is 4.14. The average molecular weight is 162 g/mol. The van der Waals surface area contributed by atoms with E-state index in [-0.39, 0.29) is 0 Å². The Hall–Kier alpha value is -1.68. The summed E-state index contributed by atoms with van der Waals surface area (Å²) in [5, 5.41) is 0.873. The van der Waals surface area contributed by atoms with Crippen LogP contribution < -0.4 is 10.9 Å². The fraction of sp³-hybridized carbons (Fsp3) is 0. The summed E-state index contributed by atoms with van der Waals surface area (Å²) in [7, 11) is 0. The molecule has 1 aromatic rings. The van der Waals surface area contributed by atoms with Crippen LogP contribution in [0.2, 0.25) is 0 Å². The number of hydrazine groups is 1. The lowest BCUT2D eigenvalue weighted by Crippen LogP contribution is -2.35. The maximum atomic E-state index is 11.1. The van der Waals surface area contributed by atoms with Crippen molar-refractivity contribution in [3.05, 3.63) is 29.8 Å². The highest BCUT2D eigenvalue weighted by atomic mass is 16.2. The van der Waals surface area contributed by atoms with Crippen LogP contribution in [0.4, 0.5) is 5.69 Å². The highest BCUT2D eigenvalue weighted by Gasteiger charge is 2.33. The maximum absolute atomic E-state index is 11.1. The van der Waals surface area contributed by atoms with E-state index in [1.807, 2.05) is 0 Å². The van der Waals surface area contributed by atoms with Crippen LogP contribution in [0, 0.1) is 0 Å². The summed E-state index contributed by atoms with van der Waals surface area (Å²) in [6, 6.07) is 6.65. The second-order valence-electron chi connectivity index (χ2n) is 2.52. The van der Waals surface area contributed by atoms with Gasteiger partial charge in [-0.2, -0.15) is 0 Å². The van der Waals surface area contributed by atoms with Crippen molar-refractivity contribution in [2.45, 2.75) is 0 Å². The first kappa shape index (κ1) is 7.00. The number of Topliss-reactive ketones (excluding diaryl/α,β-unsaturated/α-hetero) is 1. The van der Waals surface area contributed by atoms with Gasteiger partial charge in [-0.1, -0.05) is 12.1 Å². The first-order valence-corrected chi connectivity index (χ1v) is 3.44. The largest absolute Gasteiger partial charge is 0.313 e. The first-order chi connectivity index (χ1) is 5.72. The topological polar surface area (TPSA) is 63.4 Å². The molecule has 1 aliphatic rings. The van der Waals surface area contributed by atoms with E-state index in [1.165, 1.54) is 0 Å². The predicted molar refractivity (Wildman–Crippen MR) is 42.4 cm³/mol. The Balaban J connectivity index is 2.67. The molecule has 0 saturated heterocycles. The van der Waals surface area contributed by atoms with Gasteiger partial charge in [0.25, 0.3) is 5.78 Å². The zero-order valence-electron chi connectivity index (χ0n) is 6.15. The zero-order chi connectivity index (χ0) is 8.72. The molecule has 0 spiro atoms. The van der Waals surface area contributed by atoms with Crippen molar-refractivity contribution in [1.29, 1.82) is 0 Å². The Morgan fingerprint density at radius 1 is 1.17 bits per heavy atom. The van der Waals surface area contributed by atoms with Crippen molar-refractivity contribution in [2.24, 2.45) is 5.84 Å². The summed E-state index contributed by atoms with van der Waals surface area (Å²) in [5.41, 5.74) is 0.859. The Bertz CT molecular complexity index is 373. The van der Waals surface area contributed by atoms with Gasteiger partial charge in [0.05, 0.1) is 11.3 Å². The number of amides is 1. The van der Waals surface area contributed by atoms with Gasteiger partial charge in [0.1, 0.15) is 0 Å². The standard InChI is InChI=1S/C8H6N2O2/c9-10-6-4-2-1-3-5(6)7(11)8(10)12/h1-4H,9H2. The number of hydrogen-bond donors (Lipinski definition) is 1. The van der Waals surface area contributed by atoms with Gasteiger partial charge in [-0.05, 0) is 12.1 Å². The minimum absolute atomic E-state index is 0.380. The van der Waals surface area contributed by atoms with Crippen molar-refractivity contribution in [3.63, 3.8) is 0 Å². The lowest BCUT2D eigenvalue weighted by molar-refractivity contribution is -0.114. The van der Waals surface area contributed by atoms with Gasteiger partial charge >= 0.3 is 5.91 Å². The van der Waals surface area contributed by atoms with E-state index < -0.39 is 11.7 Å². The number of carbonyl (C=O) groups is 2. The van der Waals surface area contributed by atoms with Crippen LogP contribution in [-0.2, 0) is 4.79 Å². The Morgan fingerprint density at radius 2 is 1.83 bits per heavy atom. The molecule has 1 aromatic carbocycles. The molecular weight excluding hydrogens is 156 g/mol. The number of hydrogen-bond acceptors (Lipinski definition) is 3. The molecule has 0 fully saturated rings. The van der Waals surface area contributed by atoms with Crippen LogP contribution in [0.15, 0.2) is 24.3 Å². The zero-order valence-corrected chi connectivity index (χ0v) is 6.15. The molecule has 60 valence electrons. The third kappa shape index (κ3) is 0.695. The average Bonchev–Trinajstić information content (AvgIpc) is 2.33. The Morgan fingerprint density at radius 3 is 2.50 bits per heavy atom. The number of para-hydroxylation sites is 1. The van der Waals surface area contributed by atoms with Gasteiger partial charge in [0.15, 0.2) is 0 Å². The van der Waals surface area contributed by atoms with Crippen molar-refractivity contribution in [3.8, 4) is 0 Å². The van der Waals surface area contributed by atoms with Gasteiger partial charge < -0.3 is 0 Å². The fourth-order valence-electron chi connectivity index (χ4n) is 1.21. The van der Waals surface area contributed by atoms with Gasteiger partial charge in [-0.3, -0.25) is 9.59 Å². The highest BCUT2D eigenvalue weighted by molar-refractivity contribution is 6.51. The summed E-state index contributed by atoms with van der Waals surface area (Å²) in [6.45, 7) is 0. The normalized spacial score (nSPS) is 15.2. The van der Waals surface area contributed by atoms with Gasteiger partial charge in [-0.25, -0.2) is 10.9 Å². The van der Waals surface area contributed by atoms with E-state index >= 15 is 0 Å². The van der Waals surface area contributed by atoms with Crippen LogP contribution >= 0.6 is 0 Å². The molecule has 2 N–H and O–H groups in total. The molecule has 0 atom stereocenters. The van der Waals surface area contributed by atoms with Gasteiger partial charge in [0, 0.05) is 0 Å². The van der Waals surface area contributed by atoms with E-state index in [4.69, 9.17) is 5.84 Å². The molecule has 0 aliphatic carbocycles. The molecule has 4 nitrogen and oxygen atoms in total. The van der Waals surface area contributed by atoms with Crippen LogP contribution in [0.1, 0.15) is 10.4 Å². The quantitative estimate of drug-likeness (QED) is 0.334. The monoisotopic (exact) mass is 162 g/mol. The molecule has 1 amide bonds. The van der Waals surface area contributed by atoms with Crippen molar-refractivity contribution < 1.29 is 9.59 Å². The summed E-state index contributed by atoms with van der Waals surface area (Å²) >= 11 is 0. The molecule has 0 aromatic heterocycles. The van der Waals surface area contributed by atoms with E-state index in [9.17, 15) is 9.59 Å². The van der Waals surface area contributed by atoms with E-state index in [0.717, 1.165) is 5.01 Å². The smallest absolute Gasteiger partial charge is 0.283 e. The lowest BCUT2D eigenvalue weighted by atomic mass is 10.1. The lowest BCUT2D eigenvalue weighted by Gasteiger charge is -2.06. The molecule has 2 rings (SSSR count). The molecule has 4 heteroatoms. The number of nitrogens with two attached hydrogens (primary N) is 1. The van der Waals surface area contributed by atoms with Crippen molar-refractivity contribution >= 4 is 17.4 Å². The molecule has 1 aliphatic heterocycles. The molecule has 0 radical (unpaired) electrons. The highest BCUT2D eigenvalue weighted by Crippen LogP contribution is 2.25. The third-order valence-corrected chi connectivity index (χ3v) is 1.82. The molecular formula is C8H6N2O2. The van der Waals surface area contributed by atoms with Crippen LogP contribution in [-0.4, -0.2) is 11.7 Å². The Labute approximate surface area is 68.5 Å². The van der Waals surface area contributed by atoms with Crippen molar-refractivity contribution in [1.82, 2.24) is 0 Å². The number of rotatable bonds is 0. The molecule has 0 saturated carbocycles. The van der Waals surface area contributed by atoms with Crippen LogP contribution in [0.25, 0.3) is 0 Å². The van der Waals surface area contributed by atoms with Crippen LogP contribution in [0.5, 0.6) is 0 Å². The predicted octanol–water partition coefficient (Wildman–Crippen LogP) is 0.0896. The minimum atomic E-state index is -0.670. The third-order valence-electron chi connectivity index (χ3n) is 1.82. The van der Waals surface area contributed by atoms with E-state index in [1.54, 1.807) is 24.3 Å². The number of benzene rings is 1. The molecule has 12 heavy (non-hydrogen) atoms. The number of anilines is 1. The second kappa shape index (κ2) is 2.15. The van der Waals surface area contributed by atoms with Gasteiger partial charge in [0.2, 0.25) is 0 Å². The molecule has 1 heterocycles.